The number of aromatic nitrogens is 2. The number of aromatic hydroxyl groups is 1. The molecule has 3 amide bonds. The number of benzene rings is 1. The van der Waals surface area contributed by atoms with Crippen molar-refractivity contribution in [1.29, 1.82) is 0 Å². The maximum absolute atomic E-state index is 13.1. The Balaban J connectivity index is 2.10. The average Bonchev–Trinajstić information content (AvgIpc) is 3.35. The number of thiol groups is 1. The molecule has 2 rings (SSSR count). The third kappa shape index (κ3) is 9.77. The van der Waals surface area contributed by atoms with Crippen LogP contribution in [0.3, 0.4) is 0 Å². The summed E-state index contributed by atoms with van der Waals surface area (Å²) in [5, 5.41) is 26.4. The number of carbonyl (C=O) groups is 4. The first-order chi connectivity index (χ1) is 17.5. The molecule has 37 heavy (non-hydrogen) atoms. The van der Waals surface area contributed by atoms with Crippen molar-refractivity contribution in [3.8, 4) is 5.75 Å². The summed E-state index contributed by atoms with van der Waals surface area (Å²) in [5.74, 6) is -3.15. The van der Waals surface area contributed by atoms with Gasteiger partial charge in [0.15, 0.2) is 0 Å². The van der Waals surface area contributed by atoms with E-state index < -0.39 is 47.9 Å². The number of hydrogen-bond donors (Lipinski definition) is 8. The minimum atomic E-state index is -1.18. The summed E-state index contributed by atoms with van der Waals surface area (Å²) in [6.45, 7) is 3.66. The van der Waals surface area contributed by atoms with Gasteiger partial charge in [-0.05, 0) is 36.5 Å². The number of H-pyrrole nitrogens is 1. The lowest BCUT2D eigenvalue weighted by atomic mass is 10.0. The predicted molar refractivity (Wildman–Crippen MR) is 139 cm³/mol. The number of amides is 3. The van der Waals surface area contributed by atoms with Gasteiger partial charge in [-0.1, -0.05) is 26.0 Å². The number of nitrogens with one attached hydrogen (secondary N) is 4. The first-order valence-electron chi connectivity index (χ1n) is 11.8. The Kier molecular flexibility index (Phi) is 11.4. The van der Waals surface area contributed by atoms with E-state index in [1.165, 1.54) is 24.7 Å². The monoisotopic (exact) mass is 534 g/mol. The van der Waals surface area contributed by atoms with Crippen LogP contribution in [0.25, 0.3) is 0 Å². The summed E-state index contributed by atoms with van der Waals surface area (Å²) in [6, 6.07) is 1.87. The van der Waals surface area contributed by atoms with Gasteiger partial charge in [-0.25, -0.2) is 9.78 Å². The number of phenols is 1. The Morgan fingerprint density at radius 3 is 2.11 bits per heavy atom. The predicted octanol–water partition coefficient (Wildman–Crippen LogP) is -0.257. The molecule has 0 bridgehead atoms. The number of phenolic OH excluding ortho intramolecular Hbond substituents is 1. The van der Waals surface area contributed by atoms with Crippen molar-refractivity contribution in [2.45, 2.75) is 57.3 Å². The van der Waals surface area contributed by atoms with E-state index in [1.807, 2.05) is 13.8 Å². The fourth-order valence-corrected chi connectivity index (χ4v) is 3.77. The summed E-state index contributed by atoms with van der Waals surface area (Å²) >= 11 is 4.13. The zero-order valence-electron chi connectivity index (χ0n) is 20.7. The molecule has 1 aromatic carbocycles. The van der Waals surface area contributed by atoms with Gasteiger partial charge in [-0.3, -0.25) is 14.4 Å². The molecule has 0 radical (unpaired) electrons. The highest BCUT2D eigenvalue weighted by atomic mass is 32.1. The molecular weight excluding hydrogens is 500 g/mol. The Morgan fingerprint density at radius 1 is 0.973 bits per heavy atom. The van der Waals surface area contributed by atoms with E-state index >= 15 is 0 Å². The third-order valence-corrected chi connectivity index (χ3v) is 5.84. The minimum Gasteiger partial charge on any atom is -0.508 e. The lowest BCUT2D eigenvalue weighted by Crippen LogP contribution is -2.58. The molecule has 13 heteroatoms. The molecule has 8 N–H and O–H groups in total. The van der Waals surface area contributed by atoms with Gasteiger partial charge in [0.05, 0.1) is 12.4 Å². The van der Waals surface area contributed by atoms with Crippen LogP contribution in [0.1, 0.15) is 31.5 Å². The van der Waals surface area contributed by atoms with Gasteiger partial charge in [0.25, 0.3) is 0 Å². The molecule has 0 saturated heterocycles. The smallest absolute Gasteiger partial charge is 0.326 e. The second kappa shape index (κ2) is 14.2. The van der Waals surface area contributed by atoms with Gasteiger partial charge in [0, 0.05) is 24.1 Å². The van der Waals surface area contributed by atoms with E-state index in [2.05, 4.69) is 38.5 Å². The van der Waals surface area contributed by atoms with Crippen LogP contribution >= 0.6 is 12.6 Å². The molecule has 0 aliphatic heterocycles. The molecule has 1 aromatic heterocycles. The number of carboxylic acid groups (broad SMARTS) is 1. The van der Waals surface area contributed by atoms with Crippen LogP contribution in [0.15, 0.2) is 36.8 Å². The summed E-state index contributed by atoms with van der Waals surface area (Å²) in [6.07, 6.45) is 3.34. The summed E-state index contributed by atoms with van der Waals surface area (Å²) in [4.78, 5) is 57.0. The zero-order valence-corrected chi connectivity index (χ0v) is 21.6. The first-order valence-corrected chi connectivity index (χ1v) is 12.4. The number of nitrogens with zero attached hydrogens (tertiary/aromatic N) is 1. The van der Waals surface area contributed by atoms with Crippen molar-refractivity contribution in [2.24, 2.45) is 11.7 Å². The van der Waals surface area contributed by atoms with Crippen LogP contribution < -0.4 is 21.7 Å². The molecule has 202 valence electrons. The molecule has 12 nitrogen and oxygen atoms in total. The van der Waals surface area contributed by atoms with Crippen molar-refractivity contribution in [3.05, 3.63) is 48.0 Å². The Morgan fingerprint density at radius 2 is 1.57 bits per heavy atom. The fraction of sp³-hybridized carbons (Fsp3) is 0.458. The minimum absolute atomic E-state index is 0.0187. The standard InChI is InChI=1S/C24H34N6O6S/c1-13(2)7-19(24(35)36)29-23(34)20(11-37)30-22(33)18(9-15-10-26-12-27-15)28-21(32)17(25)8-14-3-5-16(31)6-4-14/h3-6,10,12-13,17-20,31,37H,7-9,11,25H2,1-2H3,(H,26,27)(H,28,32)(H,29,34)(H,30,33)(H,35,36). The largest absolute Gasteiger partial charge is 0.508 e. The normalized spacial score (nSPS) is 14.3. The number of carbonyl (C=O) groups excluding carboxylic acids is 3. The summed E-state index contributed by atoms with van der Waals surface area (Å²) in [7, 11) is 0. The van der Waals surface area contributed by atoms with E-state index in [-0.39, 0.29) is 36.7 Å². The lowest BCUT2D eigenvalue weighted by molar-refractivity contribution is -0.142. The summed E-state index contributed by atoms with van der Waals surface area (Å²) < 4.78 is 0. The number of hydrogen-bond acceptors (Lipinski definition) is 8. The molecule has 0 spiro atoms. The topological polar surface area (TPSA) is 200 Å². The first kappa shape index (κ1) is 29.6. The second-order valence-corrected chi connectivity index (χ2v) is 9.46. The maximum atomic E-state index is 13.1. The molecule has 4 unspecified atom stereocenters. The molecule has 1 heterocycles. The third-order valence-electron chi connectivity index (χ3n) is 5.48. The van der Waals surface area contributed by atoms with Crippen LogP contribution in [0.5, 0.6) is 5.75 Å². The van der Waals surface area contributed by atoms with Gasteiger partial charge in [0.2, 0.25) is 17.7 Å². The van der Waals surface area contributed by atoms with Gasteiger partial charge < -0.3 is 36.9 Å². The van der Waals surface area contributed by atoms with Crippen LogP contribution in [0.2, 0.25) is 0 Å². The second-order valence-electron chi connectivity index (χ2n) is 9.09. The van der Waals surface area contributed by atoms with Crippen molar-refractivity contribution >= 4 is 36.3 Å². The number of aromatic amines is 1. The molecule has 0 saturated carbocycles. The van der Waals surface area contributed by atoms with Gasteiger partial charge in [-0.2, -0.15) is 12.6 Å². The number of nitrogens with two attached hydrogens (primary N) is 1. The maximum Gasteiger partial charge on any atom is 0.326 e. The van der Waals surface area contributed by atoms with Crippen LogP contribution in [-0.2, 0) is 32.0 Å². The van der Waals surface area contributed by atoms with Crippen molar-refractivity contribution in [1.82, 2.24) is 25.9 Å². The number of carboxylic acids is 1. The quantitative estimate of drug-likeness (QED) is 0.152. The van der Waals surface area contributed by atoms with E-state index in [4.69, 9.17) is 5.73 Å². The molecule has 0 aliphatic rings. The van der Waals surface area contributed by atoms with Gasteiger partial charge >= 0.3 is 5.97 Å². The highest BCUT2D eigenvalue weighted by Gasteiger charge is 2.30. The van der Waals surface area contributed by atoms with E-state index in [9.17, 15) is 29.4 Å². The average molecular weight is 535 g/mol. The Hall–Kier alpha value is -3.58. The van der Waals surface area contributed by atoms with Crippen LogP contribution in [0, 0.1) is 5.92 Å². The van der Waals surface area contributed by atoms with Crippen LogP contribution in [-0.4, -0.2) is 73.8 Å². The Labute approximate surface area is 220 Å². The van der Waals surface area contributed by atoms with E-state index in [0.29, 0.717) is 5.69 Å². The molecule has 2 aromatic rings. The van der Waals surface area contributed by atoms with Crippen molar-refractivity contribution in [2.75, 3.05) is 5.75 Å². The lowest BCUT2D eigenvalue weighted by Gasteiger charge is -2.24. The van der Waals surface area contributed by atoms with Gasteiger partial charge in [0.1, 0.15) is 23.9 Å². The Bertz CT molecular complexity index is 1050. The number of aliphatic carboxylic acids is 1. The zero-order chi connectivity index (χ0) is 27.5. The SMILES string of the molecule is CC(C)CC(NC(=O)C(CS)NC(=O)C(Cc1cnc[nH]1)NC(=O)C(N)Cc1ccc(O)cc1)C(=O)O. The van der Waals surface area contributed by atoms with Gasteiger partial charge in [-0.15, -0.1) is 0 Å². The molecular formula is C24H34N6O6S. The fourth-order valence-electron chi connectivity index (χ4n) is 3.51. The van der Waals surface area contributed by atoms with Crippen LogP contribution in [0.4, 0.5) is 0 Å². The molecule has 0 aliphatic carbocycles. The molecule has 0 fully saturated rings. The van der Waals surface area contributed by atoms with Crippen molar-refractivity contribution in [3.63, 3.8) is 0 Å². The number of rotatable bonds is 14. The van der Waals surface area contributed by atoms with E-state index in [0.717, 1.165) is 5.56 Å². The van der Waals surface area contributed by atoms with E-state index in [1.54, 1.807) is 12.1 Å². The highest BCUT2D eigenvalue weighted by molar-refractivity contribution is 7.80. The highest BCUT2D eigenvalue weighted by Crippen LogP contribution is 2.11. The molecule has 4 atom stereocenters. The number of imidazole rings is 1. The summed E-state index contributed by atoms with van der Waals surface area (Å²) in [5.41, 5.74) is 7.33. The van der Waals surface area contributed by atoms with Crippen molar-refractivity contribution < 1.29 is 29.4 Å².